The molecule has 0 bridgehead atoms. The molecule has 9 aromatic carbocycles. The Kier molecular flexibility index (Phi) is 10.1. The number of fused-ring (bicyclic) bond motifs is 8. The van der Waals surface area contributed by atoms with E-state index in [0.29, 0.717) is 0 Å². The summed E-state index contributed by atoms with van der Waals surface area (Å²) in [5.41, 5.74) is 28.6. The quantitative estimate of drug-likeness (QED) is 0.154. The average molecular weight is 972 g/mol. The molecule has 368 valence electrons. The van der Waals surface area contributed by atoms with Crippen LogP contribution in [0.1, 0.15) is 102 Å². The fourth-order valence-corrected chi connectivity index (χ4v) is 14.0. The van der Waals surface area contributed by atoms with E-state index in [9.17, 15) is 0 Å². The van der Waals surface area contributed by atoms with Crippen molar-refractivity contribution in [2.75, 3.05) is 14.7 Å². The summed E-state index contributed by atoms with van der Waals surface area (Å²) in [6.07, 6.45) is 5.70. The molecule has 3 heterocycles. The van der Waals surface area contributed by atoms with Gasteiger partial charge in [0.1, 0.15) is 0 Å². The lowest BCUT2D eigenvalue weighted by Crippen LogP contribution is -2.62. The largest absolute Gasteiger partial charge is 0.334 e. The third-order valence-corrected chi connectivity index (χ3v) is 18.5. The molecule has 0 spiro atoms. The van der Waals surface area contributed by atoms with Crippen LogP contribution in [0, 0.1) is 0 Å². The highest BCUT2D eigenvalue weighted by molar-refractivity contribution is 7.00. The normalized spacial score (nSPS) is 18.9. The van der Waals surface area contributed by atoms with E-state index in [2.05, 4.69) is 264 Å². The Bertz CT molecular complexity index is 3750. The van der Waals surface area contributed by atoms with Crippen LogP contribution in [0.2, 0.25) is 0 Å². The molecule has 1 fully saturated rings. The van der Waals surface area contributed by atoms with Crippen molar-refractivity contribution in [1.29, 1.82) is 0 Å². The van der Waals surface area contributed by atoms with E-state index in [1.807, 2.05) is 0 Å². The Balaban J connectivity index is 1.10. The monoisotopic (exact) mass is 972 g/mol. The molecular formula is C71H66BN3. The number of rotatable bonds is 6. The third-order valence-electron chi connectivity index (χ3n) is 18.5. The van der Waals surface area contributed by atoms with Gasteiger partial charge >= 0.3 is 0 Å². The second-order valence-electron chi connectivity index (χ2n) is 24.9. The molecule has 2 atom stereocenters. The Morgan fingerprint density at radius 3 is 1.57 bits per heavy atom. The molecule has 0 N–H and O–H groups in total. The molecule has 4 heteroatoms. The fraction of sp³-hybridized carbons (Fsp3) is 0.239. The number of benzene rings is 9. The lowest BCUT2D eigenvalue weighted by atomic mass is 9.33. The molecule has 5 aliphatic rings. The fourth-order valence-electron chi connectivity index (χ4n) is 14.0. The molecule has 0 saturated heterocycles. The average Bonchev–Trinajstić information content (AvgIpc) is 4.19. The second kappa shape index (κ2) is 16.5. The minimum atomic E-state index is -0.118. The maximum Gasteiger partial charge on any atom is 0.252 e. The molecule has 9 aromatic rings. The van der Waals surface area contributed by atoms with Crippen LogP contribution in [0.3, 0.4) is 0 Å². The summed E-state index contributed by atoms with van der Waals surface area (Å²) in [6, 6.07) is 74.9. The number of hydrogen-bond donors (Lipinski definition) is 0. The van der Waals surface area contributed by atoms with Crippen molar-refractivity contribution in [1.82, 2.24) is 0 Å². The zero-order valence-corrected chi connectivity index (χ0v) is 44.9. The molecule has 2 unspecified atom stereocenters. The molecule has 75 heavy (non-hydrogen) atoms. The van der Waals surface area contributed by atoms with Crippen LogP contribution in [-0.4, -0.2) is 12.3 Å². The van der Waals surface area contributed by atoms with E-state index in [-0.39, 0.29) is 28.5 Å². The van der Waals surface area contributed by atoms with Gasteiger partial charge in [-0.1, -0.05) is 188 Å². The van der Waals surface area contributed by atoms with Gasteiger partial charge in [-0.05, 0) is 176 Å². The molecule has 2 aliphatic carbocycles. The molecular weight excluding hydrogens is 906 g/mol. The predicted octanol–water partition coefficient (Wildman–Crippen LogP) is 16.8. The smallest absolute Gasteiger partial charge is 0.252 e. The molecule has 0 aromatic heterocycles. The minimum absolute atomic E-state index is 0.00274. The summed E-state index contributed by atoms with van der Waals surface area (Å²) < 4.78 is 0. The highest BCUT2D eigenvalue weighted by atomic mass is 15.3. The standard InChI is InChI=1S/C71H66BN3/c1-68(2,3)53-30-35-61(57(42-53)49-23-16-11-17-24-49)74-64-41-51-26-18-25-50(51)39-60(64)72-59-40-52(47-21-14-10-15-22-47)29-34-63(59)73(55-32-27-48(28-33-55)46-19-12-9-13-20-46)65-44-56(45-66(74)67(65)72)75-62-36-31-54(69(4,5)6)43-58(62)70(7)37-38-71(70,75)8/h9-17,19-24,27-36,39-45H,18,25-26,37-38H2,1-8H3. The van der Waals surface area contributed by atoms with Gasteiger partial charge in [0.25, 0.3) is 6.71 Å². The van der Waals surface area contributed by atoms with Crippen molar-refractivity contribution in [2.45, 2.75) is 109 Å². The Morgan fingerprint density at radius 1 is 0.413 bits per heavy atom. The highest BCUT2D eigenvalue weighted by Gasteiger charge is 2.63. The summed E-state index contributed by atoms with van der Waals surface area (Å²) in [4.78, 5) is 8.12. The van der Waals surface area contributed by atoms with E-state index in [1.54, 1.807) is 0 Å². The summed E-state index contributed by atoms with van der Waals surface area (Å²) in [5, 5.41) is 0. The molecule has 0 amide bonds. The van der Waals surface area contributed by atoms with Gasteiger partial charge in [0.15, 0.2) is 0 Å². The van der Waals surface area contributed by atoms with E-state index in [4.69, 9.17) is 0 Å². The van der Waals surface area contributed by atoms with Crippen LogP contribution < -0.4 is 31.1 Å². The van der Waals surface area contributed by atoms with Crippen molar-refractivity contribution >= 4 is 68.6 Å². The van der Waals surface area contributed by atoms with Crippen LogP contribution in [-0.2, 0) is 29.1 Å². The van der Waals surface area contributed by atoms with Crippen molar-refractivity contribution in [3.63, 3.8) is 0 Å². The minimum Gasteiger partial charge on any atom is -0.334 e. The van der Waals surface area contributed by atoms with Crippen LogP contribution in [0.15, 0.2) is 194 Å². The number of anilines is 8. The van der Waals surface area contributed by atoms with Gasteiger partial charge in [-0.15, -0.1) is 0 Å². The van der Waals surface area contributed by atoms with Crippen LogP contribution >= 0.6 is 0 Å². The van der Waals surface area contributed by atoms with E-state index in [1.165, 1.54) is 130 Å². The lowest BCUT2D eigenvalue weighted by molar-refractivity contribution is 0.133. The van der Waals surface area contributed by atoms with Gasteiger partial charge < -0.3 is 14.7 Å². The Labute approximate surface area is 445 Å². The van der Waals surface area contributed by atoms with E-state index < -0.39 is 0 Å². The molecule has 1 saturated carbocycles. The van der Waals surface area contributed by atoms with Crippen LogP contribution in [0.25, 0.3) is 33.4 Å². The van der Waals surface area contributed by atoms with Crippen molar-refractivity contribution in [3.05, 3.63) is 222 Å². The zero-order valence-electron chi connectivity index (χ0n) is 44.9. The molecule has 3 aliphatic heterocycles. The molecule has 0 radical (unpaired) electrons. The SMILES string of the molecule is CC(C)(C)c1ccc(N2c3cc4c(cc3B3c5cc(-c6ccccc6)ccc5N(c5ccc(-c6ccccc6)cc5)c5cc(N6c7ccc(C(C)(C)C)cc7C7(C)CCC67C)cc2c53)CCC4)c(-c2ccccc2)c1. The summed E-state index contributed by atoms with van der Waals surface area (Å²) in [5.74, 6) is 0. The van der Waals surface area contributed by atoms with Gasteiger partial charge in [0.05, 0.1) is 11.2 Å². The number of nitrogens with zero attached hydrogens (tertiary/aromatic N) is 3. The second-order valence-corrected chi connectivity index (χ2v) is 24.9. The summed E-state index contributed by atoms with van der Waals surface area (Å²) in [7, 11) is 0. The van der Waals surface area contributed by atoms with Crippen LogP contribution in [0.4, 0.5) is 45.5 Å². The third kappa shape index (κ3) is 6.94. The number of hydrogen-bond acceptors (Lipinski definition) is 3. The first-order valence-electron chi connectivity index (χ1n) is 27.6. The van der Waals surface area contributed by atoms with Gasteiger partial charge in [0.2, 0.25) is 0 Å². The van der Waals surface area contributed by atoms with Crippen molar-refractivity contribution in [2.24, 2.45) is 0 Å². The maximum atomic E-state index is 2.78. The van der Waals surface area contributed by atoms with Gasteiger partial charge in [0, 0.05) is 50.8 Å². The molecule has 14 rings (SSSR count). The number of aryl methyl sites for hydroxylation is 2. The first-order chi connectivity index (χ1) is 36.2. The van der Waals surface area contributed by atoms with E-state index in [0.717, 1.165) is 24.9 Å². The first kappa shape index (κ1) is 46.0. The topological polar surface area (TPSA) is 9.72 Å². The van der Waals surface area contributed by atoms with Gasteiger partial charge in [-0.25, -0.2) is 0 Å². The van der Waals surface area contributed by atoms with Crippen molar-refractivity contribution < 1.29 is 0 Å². The Hall–Kier alpha value is -7.56. The van der Waals surface area contributed by atoms with Gasteiger partial charge in [-0.2, -0.15) is 0 Å². The lowest BCUT2D eigenvalue weighted by Gasteiger charge is -2.56. The maximum absolute atomic E-state index is 2.78. The van der Waals surface area contributed by atoms with Crippen molar-refractivity contribution in [3.8, 4) is 33.4 Å². The predicted molar refractivity (Wildman–Crippen MR) is 320 cm³/mol. The zero-order chi connectivity index (χ0) is 51.2. The van der Waals surface area contributed by atoms with Gasteiger partial charge in [-0.3, -0.25) is 0 Å². The van der Waals surface area contributed by atoms with E-state index >= 15 is 0 Å². The Morgan fingerprint density at radius 2 is 0.947 bits per heavy atom. The molecule has 3 nitrogen and oxygen atoms in total. The van der Waals surface area contributed by atoms with Crippen LogP contribution in [0.5, 0.6) is 0 Å². The highest BCUT2D eigenvalue weighted by Crippen LogP contribution is 2.66. The summed E-state index contributed by atoms with van der Waals surface area (Å²) in [6.45, 7) is 19.2. The first-order valence-corrected chi connectivity index (χ1v) is 27.6. The summed E-state index contributed by atoms with van der Waals surface area (Å²) >= 11 is 0.